The fourth-order valence-corrected chi connectivity index (χ4v) is 3.11. The summed E-state index contributed by atoms with van der Waals surface area (Å²) < 4.78 is 0. The lowest BCUT2D eigenvalue weighted by molar-refractivity contribution is 0.178. The van der Waals surface area contributed by atoms with Crippen molar-refractivity contribution in [2.75, 3.05) is 13.1 Å². The molecule has 1 nitrogen and oxygen atoms in total. The van der Waals surface area contributed by atoms with E-state index in [2.05, 4.69) is 18.4 Å². The van der Waals surface area contributed by atoms with E-state index in [0.717, 1.165) is 0 Å². The van der Waals surface area contributed by atoms with E-state index in [-0.39, 0.29) is 0 Å². The molecule has 0 aromatic heterocycles. The molecule has 74 valence electrons. The van der Waals surface area contributed by atoms with Crippen LogP contribution in [0.15, 0.2) is 12.2 Å². The summed E-state index contributed by atoms with van der Waals surface area (Å²) >= 11 is 0. The molecule has 1 unspecified atom stereocenters. The highest BCUT2D eigenvalue weighted by molar-refractivity contribution is 5.17. The van der Waals surface area contributed by atoms with Crippen LogP contribution in [0.3, 0.4) is 0 Å². The maximum absolute atomic E-state index is 4.15. The molecule has 2 aliphatic rings. The molecule has 0 aliphatic carbocycles. The largest absolute Gasteiger partial charge is 0.293 e. The summed E-state index contributed by atoms with van der Waals surface area (Å²) in [7, 11) is 0. The molecule has 1 heteroatoms. The highest BCUT2D eigenvalue weighted by Crippen LogP contribution is 2.43. The minimum absolute atomic E-state index is 0.563. The Morgan fingerprint density at radius 2 is 2.38 bits per heavy atom. The molecule has 0 N–H and O–H groups in total. The Hall–Kier alpha value is -0.300. The number of rotatable bonds is 3. The molecule has 0 bridgehead atoms. The average Bonchev–Trinajstić information content (AvgIpc) is 2.57. The van der Waals surface area contributed by atoms with E-state index in [1.54, 1.807) is 0 Å². The van der Waals surface area contributed by atoms with Crippen molar-refractivity contribution in [2.24, 2.45) is 0 Å². The lowest BCUT2D eigenvalue weighted by atomic mass is 9.87. The van der Waals surface area contributed by atoms with E-state index in [1.807, 2.05) is 0 Å². The van der Waals surface area contributed by atoms with Gasteiger partial charge in [0.05, 0.1) is 0 Å². The SMILES string of the molecule is C=C1CN2CCCC2(CCCC)C1. The Labute approximate surface area is 81.8 Å². The van der Waals surface area contributed by atoms with Crippen molar-refractivity contribution in [3.63, 3.8) is 0 Å². The van der Waals surface area contributed by atoms with Gasteiger partial charge in [0.15, 0.2) is 0 Å². The number of fused-ring (bicyclic) bond motifs is 1. The Kier molecular flexibility index (Phi) is 2.46. The maximum atomic E-state index is 4.15. The van der Waals surface area contributed by atoms with E-state index in [0.29, 0.717) is 5.54 Å². The van der Waals surface area contributed by atoms with E-state index in [1.165, 1.54) is 57.2 Å². The van der Waals surface area contributed by atoms with E-state index < -0.39 is 0 Å². The van der Waals surface area contributed by atoms with Gasteiger partial charge in [-0.2, -0.15) is 0 Å². The smallest absolute Gasteiger partial charge is 0.0250 e. The molecular formula is C12H21N. The second-order valence-electron chi connectivity index (χ2n) is 4.78. The lowest BCUT2D eigenvalue weighted by Crippen LogP contribution is -2.37. The van der Waals surface area contributed by atoms with E-state index >= 15 is 0 Å². The zero-order valence-corrected chi connectivity index (χ0v) is 8.81. The van der Waals surface area contributed by atoms with Gasteiger partial charge in [-0.15, -0.1) is 0 Å². The molecule has 0 saturated carbocycles. The van der Waals surface area contributed by atoms with Crippen LogP contribution in [0, 0.1) is 0 Å². The number of hydrogen-bond acceptors (Lipinski definition) is 1. The van der Waals surface area contributed by atoms with Crippen molar-refractivity contribution in [3.05, 3.63) is 12.2 Å². The zero-order valence-electron chi connectivity index (χ0n) is 8.81. The second-order valence-corrected chi connectivity index (χ2v) is 4.78. The summed E-state index contributed by atoms with van der Waals surface area (Å²) in [6.45, 7) is 8.95. The first-order chi connectivity index (χ1) is 6.27. The van der Waals surface area contributed by atoms with Crippen LogP contribution in [-0.4, -0.2) is 23.5 Å². The molecule has 2 saturated heterocycles. The predicted molar refractivity (Wildman–Crippen MR) is 56.8 cm³/mol. The molecule has 2 aliphatic heterocycles. The van der Waals surface area contributed by atoms with Crippen molar-refractivity contribution in [1.82, 2.24) is 4.90 Å². The van der Waals surface area contributed by atoms with Crippen molar-refractivity contribution in [3.8, 4) is 0 Å². The van der Waals surface area contributed by atoms with Crippen molar-refractivity contribution >= 4 is 0 Å². The summed E-state index contributed by atoms with van der Waals surface area (Å²) in [6, 6.07) is 0. The van der Waals surface area contributed by atoms with Crippen LogP contribution in [0.1, 0.15) is 45.4 Å². The highest BCUT2D eigenvalue weighted by atomic mass is 15.2. The standard InChI is InChI=1S/C12H21N/c1-3-4-6-12-7-5-8-13(12)10-11(2)9-12/h2-10H2,1H3. The van der Waals surface area contributed by atoms with Gasteiger partial charge in [0, 0.05) is 12.1 Å². The summed E-state index contributed by atoms with van der Waals surface area (Å²) in [4.78, 5) is 2.69. The molecular weight excluding hydrogens is 158 g/mol. The van der Waals surface area contributed by atoms with Crippen molar-refractivity contribution < 1.29 is 0 Å². The third-order valence-corrected chi connectivity index (χ3v) is 3.73. The summed E-state index contributed by atoms with van der Waals surface area (Å²) in [5.74, 6) is 0. The summed E-state index contributed by atoms with van der Waals surface area (Å²) in [5, 5.41) is 0. The predicted octanol–water partition coefficient (Wildman–Crippen LogP) is 2.97. The number of hydrogen-bond donors (Lipinski definition) is 0. The van der Waals surface area contributed by atoms with Gasteiger partial charge in [0.1, 0.15) is 0 Å². The molecule has 2 fully saturated rings. The fraction of sp³-hybridized carbons (Fsp3) is 0.833. The van der Waals surface area contributed by atoms with Gasteiger partial charge in [0.25, 0.3) is 0 Å². The number of unbranched alkanes of at least 4 members (excludes halogenated alkanes) is 1. The first-order valence-electron chi connectivity index (χ1n) is 5.68. The second kappa shape index (κ2) is 3.45. The van der Waals surface area contributed by atoms with Crippen LogP contribution in [0.5, 0.6) is 0 Å². The van der Waals surface area contributed by atoms with Gasteiger partial charge < -0.3 is 0 Å². The highest BCUT2D eigenvalue weighted by Gasteiger charge is 2.44. The molecule has 13 heavy (non-hydrogen) atoms. The molecule has 2 heterocycles. The van der Waals surface area contributed by atoms with Crippen LogP contribution in [0.25, 0.3) is 0 Å². The molecule has 1 atom stereocenters. The quantitative estimate of drug-likeness (QED) is 0.602. The van der Waals surface area contributed by atoms with Crippen LogP contribution in [0.4, 0.5) is 0 Å². The molecule has 0 spiro atoms. The average molecular weight is 179 g/mol. The van der Waals surface area contributed by atoms with Gasteiger partial charge in [-0.05, 0) is 32.2 Å². The van der Waals surface area contributed by atoms with Gasteiger partial charge in [-0.1, -0.05) is 31.9 Å². The van der Waals surface area contributed by atoms with E-state index in [4.69, 9.17) is 0 Å². The Bertz CT molecular complexity index is 209. The van der Waals surface area contributed by atoms with Crippen LogP contribution < -0.4 is 0 Å². The molecule has 0 radical (unpaired) electrons. The first-order valence-corrected chi connectivity index (χ1v) is 5.68. The molecule has 2 rings (SSSR count). The topological polar surface area (TPSA) is 3.24 Å². The lowest BCUT2D eigenvalue weighted by Gasteiger charge is -2.31. The normalized spacial score (nSPS) is 34.1. The van der Waals surface area contributed by atoms with Gasteiger partial charge >= 0.3 is 0 Å². The third-order valence-electron chi connectivity index (χ3n) is 3.73. The summed E-state index contributed by atoms with van der Waals surface area (Å²) in [6.07, 6.45) is 8.25. The fourth-order valence-electron chi connectivity index (χ4n) is 3.11. The van der Waals surface area contributed by atoms with Crippen LogP contribution >= 0.6 is 0 Å². The monoisotopic (exact) mass is 179 g/mol. The minimum Gasteiger partial charge on any atom is -0.293 e. The molecule has 0 aromatic rings. The first kappa shape index (κ1) is 9.26. The van der Waals surface area contributed by atoms with Crippen LogP contribution in [0.2, 0.25) is 0 Å². The Balaban J connectivity index is 2.04. The van der Waals surface area contributed by atoms with Gasteiger partial charge in [-0.25, -0.2) is 0 Å². The van der Waals surface area contributed by atoms with Gasteiger partial charge in [-0.3, -0.25) is 4.90 Å². The minimum atomic E-state index is 0.563. The Morgan fingerprint density at radius 1 is 1.54 bits per heavy atom. The van der Waals surface area contributed by atoms with E-state index in [9.17, 15) is 0 Å². The van der Waals surface area contributed by atoms with Gasteiger partial charge in [0.2, 0.25) is 0 Å². The maximum Gasteiger partial charge on any atom is 0.0250 e. The molecule has 0 aromatic carbocycles. The van der Waals surface area contributed by atoms with Crippen molar-refractivity contribution in [1.29, 1.82) is 0 Å². The van der Waals surface area contributed by atoms with Crippen molar-refractivity contribution in [2.45, 2.75) is 51.0 Å². The molecule has 0 amide bonds. The number of nitrogens with zero attached hydrogens (tertiary/aromatic N) is 1. The van der Waals surface area contributed by atoms with Crippen LogP contribution in [-0.2, 0) is 0 Å². The zero-order chi connectivity index (χ0) is 9.31. The Morgan fingerprint density at radius 3 is 3.15 bits per heavy atom. The summed E-state index contributed by atoms with van der Waals surface area (Å²) in [5.41, 5.74) is 2.03. The third kappa shape index (κ3) is 1.54.